The number of aromatic amines is 1. The maximum Gasteiger partial charge on any atom is 0.142 e. The molecule has 0 spiro atoms. The predicted molar refractivity (Wildman–Crippen MR) is 108 cm³/mol. The number of hydrogen-bond acceptors (Lipinski definition) is 3. The number of H-pyrrole nitrogens is 1. The second kappa shape index (κ2) is 7.35. The highest BCUT2D eigenvalue weighted by Crippen LogP contribution is 2.31. The average molecular weight is 365 g/mol. The van der Waals surface area contributed by atoms with E-state index in [1.165, 1.54) is 12.1 Å². The number of methoxy groups -OCH3 is 1. The van der Waals surface area contributed by atoms with Crippen molar-refractivity contribution in [3.8, 4) is 17.0 Å². The van der Waals surface area contributed by atoms with Crippen LogP contribution >= 0.6 is 0 Å². The van der Waals surface area contributed by atoms with Gasteiger partial charge in [0.2, 0.25) is 0 Å². The molecule has 0 saturated carbocycles. The van der Waals surface area contributed by atoms with Crippen LogP contribution in [0.3, 0.4) is 0 Å². The molecule has 0 radical (unpaired) electrons. The Balaban J connectivity index is 1.50. The fourth-order valence-electron chi connectivity index (χ4n) is 3.77. The van der Waals surface area contributed by atoms with Crippen molar-refractivity contribution in [3.63, 3.8) is 0 Å². The van der Waals surface area contributed by atoms with Gasteiger partial charge in [-0.15, -0.1) is 0 Å². The molecule has 27 heavy (non-hydrogen) atoms. The standard InChI is InChI=1S/C22H24FN3O/c1-16-15-25(20-5-3-4-6-21(20)27-2)13-14-26(16)22-12-11-19(24-22)17-7-9-18(23)10-8-17/h3-12,16,24H,13-15H2,1-2H3. The van der Waals surface area contributed by atoms with Crippen LogP contribution in [-0.4, -0.2) is 37.8 Å². The van der Waals surface area contributed by atoms with E-state index in [2.05, 4.69) is 46.0 Å². The van der Waals surface area contributed by atoms with Crippen molar-refractivity contribution >= 4 is 11.5 Å². The summed E-state index contributed by atoms with van der Waals surface area (Å²) in [6.45, 7) is 5.00. The monoisotopic (exact) mass is 365 g/mol. The van der Waals surface area contributed by atoms with Crippen LogP contribution in [0.15, 0.2) is 60.7 Å². The zero-order valence-electron chi connectivity index (χ0n) is 15.7. The molecule has 2 aromatic carbocycles. The number of aromatic nitrogens is 1. The number of nitrogens with zero attached hydrogens (tertiary/aromatic N) is 2. The summed E-state index contributed by atoms with van der Waals surface area (Å²) in [6.07, 6.45) is 0. The van der Waals surface area contributed by atoms with Gasteiger partial charge < -0.3 is 19.5 Å². The molecular formula is C22H24FN3O. The number of benzene rings is 2. The van der Waals surface area contributed by atoms with Gasteiger partial charge in [0.15, 0.2) is 0 Å². The van der Waals surface area contributed by atoms with Gasteiger partial charge in [0.1, 0.15) is 17.4 Å². The lowest BCUT2D eigenvalue weighted by Gasteiger charge is -2.42. The molecule has 1 aromatic heterocycles. The van der Waals surface area contributed by atoms with Crippen LogP contribution in [0.5, 0.6) is 5.75 Å². The van der Waals surface area contributed by atoms with Crippen LogP contribution < -0.4 is 14.5 Å². The van der Waals surface area contributed by atoms with E-state index in [1.807, 2.05) is 12.1 Å². The van der Waals surface area contributed by atoms with Gasteiger partial charge in [-0.3, -0.25) is 0 Å². The quantitative estimate of drug-likeness (QED) is 0.736. The molecule has 1 N–H and O–H groups in total. The van der Waals surface area contributed by atoms with Crippen LogP contribution in [0.1, 0.15) is 6.92 Å². The molecule has 1 saturated heterocycles. The van der Waals surface area contributed by atoms with Gasteiger partial charge in [0, 0.05) is 31.4 Å². The van der Waals surface area contributed by atoms with Crippen molar-refractivity contribution in [1.82, 2.24) is 4.98 Å². The molecule has 1 aliphatic heterocycles. The summed E-state index contributed by atoms with van der Waals surface area (Å²) in [6, 6.07) is 19.3. The molecular weight excluding hydrogens is 341 g/mol. The predicted octanol–water partition coefficient (Wildman–Crippen LogP) is 4.54. The van der Waals surface area contributed by atoms with Gasteiger partial charge in [0.05, 0.1) is 12.8 Å². The minimum atomic E-state index is -0.216. The SMILES string of the molecule is COc1ccccc1N1CCN(c2ccc(-c3ccc(F)cc3)[nH]2)C(C)C1. The first kappa shape index (κ1) is 17.5. The molecule has 0 bridgehead atoms. The lowest BCUT2D eigenvalue weighted by atomic mass is 10.1. The Morgan fingerprint density at radius 3 is 2.52 bits per heavy atom. The number of hydrogen-bond donors (Lipinski definition) is 1. The topological polar surface area (TPSA) is 31.5 Å². The molecule has 1 fully saturated rings. The van der Waals surface area contributed by atoms with Crippen molar-refractivity contribution in [1.29, 1.82) is 0 Å². The Hall–Kier alpha value is -2.95. The highest BCUT2D eigenvalue weighted by atomic mass is 19.1. The molecule has 4 nitrogen and oxygen atoms in total. The van der Waals surface area contributed by atoms with Gasteiger partial charge >= 0.3 is 0 Å². The molecule has 5 heteroatoms. The third-order valence-corrected chi connectivity index (χ3v) is 5.19. The summed E-state index contributed by atoms with van der Waals surface area (Å²) in [5.74, 6) is 1.80. The summed E-state index contributed by atoms with van der Waals surface area (Å²) in [7, 11) is 1.72. The zero-order valence-corrected chi connectivity index (χ0v) is 15.7. The smallest absolute Gasteiger partial charge is 0.142 e. The minimum Gasteiger partial charge on any atom is -0.495 e. The summed E-state index contributed by atoms with van der Waals surface area (Å²) in [4.78, 5) is 8.25. The molecule has 1 atom stereocenters. The Labute approximate surface area is 159 Å². The lowest BCUT2D eigenvalue weighted by molar-refractivity contribution is 0.412. The van der Waals surface area contributed by atoms with Crippen LogP contribution in [0.25, 0.3) is 11.3 Å². The Kier molecular flexibility index (Phi) is 4.75. The maximum atomic E-state index is 13.1. The summed E-state index contributed by atoms with van der Waals surface area (Å²) in [5, 5.41) is 0. The Morgan fingerprint density at radius 1 is 1.00 bits per heavy atom. The summed E-state index contributed by atoms with van der Waals surface area (Å²) in [5.41, 5.74) is 3.14. The first-order valence-electron chi connectivity index (χ1n) is 9.25. The van der Waals surface area contributed by atoms with Gasteiger partial charge in [-0.2, -0.15) is 0 Å². The maximum absolute atomic E-state index is 13.1. The van der Waals surface area contributed by atoms with Crippen molar-refractivity contribution < 1.29 is 9.13 Å². The van der Waals surface area contributed by atoms with Crippen molar-refractivity contribution in [2.45, 2.75) is 13.0 Å². The first-order valence-corrected chi connectivity index (χ1v) is 9.25. The normalized spacial score (nSPS) is 17.2. The van der Waals surface area contributed by atoms with Crippen molar-refractivity contribution in [2.24, 2.45) is 0 Å². The van der Waals surface area contributed by atoms with Crippen LogP contribution in [0, 0.1) is 5.82 Å². The van der Waals surface area contributed by atoms with E-state index in [0.29, 0.717) is 6.04 Å². The number of para-hydroxylation sites is 2. The third-order valence-electron chi connectivity index (χ3n) is 5.19. The molecule has 140 valence electrons. The van der Waals surface area contributed by atoms with Gasteiger partial charge in [-0.05, 0) is 61.0 Å². The van der Waals surface area contributed by atoms with E-state index in [9.17, 15) is 4.39 Å². The van der Waals surface area contributed by atoms with E-state index in [1.54, 1.807) is 19.2 Å². The summed E-state index contributed by atoms with van der Waals surface area (Å²) >= 11 is 0. The number of nitrogens with one attached hydrogen (secondary N) is 1. The number of ether oxygens (including phenoxy) is 1. The van der Waals surface area contributed by atoms with E-state index < -0.39 is 0 Å². The highest BCUT2D eigenvalue weighted by Gasteiger charge is 2.26. The fraction of sp³-hybridized carbons (Fsp3) is 0.273. The molecule has 3 aromatic rings. The largest absolute Gasteiger partial charge is 0.495 e. The second-order valence-electron chi connectivity index (χ2n) is 6.92. The fourth-order valence-corrected chi connectivity index (χ4v) is 3.77. The third kappa shape index (κ3) is 3.50. The van der Waals surface area contributed by atoms with Crippen LogP contribution in [0.4, 0.5) is 15.9 Å². The minimum absolute atomic E-state index is 0.216. The number of piperazine rings is 1. The lowest BCUT2D eigenvalue weighted by Crippen LogP contribution is -2.52. The Morgan fingerprint density at radius 2 is 1.78 bits per heavy atom. The summed E-state index contributed by atoms with van der Waals surface area (Å²) < 4.78 is 18.7. The second-order valence-corrected chi connectivity index (χ2v) is 6.92. The van der Waals surface area contributed by atoms with Gasteiger partial charge in [-0.1, -0.05) is 12.1 Å². The molecule has 0 aliphatic carbocycles. The van der Waals surface area contributed by atoms with Crippen molar-refractivity contribution in [2.75, 3.05) is 36.5 Å². The molecule has 1 unspecified atom stereocenters. The van der Waals surface area contributed by atoms with E-state index in [0.717, 1.165) is 48.1 Å². The van der Waals surface area contributed by atoms with E-state index in [4.69, 9.17) is 4.74 Å². The Bertz CT molecular complexity index is 906. The highest BCUT2D eigenvalue weighted by molar-refractivity contribution is 5.64. The average Bonchev–Trinajstić information content (AvgIpc) is 3.18. The van der Waals surface area contributed by atoms with Crippen LogP contribution in [0.2, 0.25) is 0 Å². The first-order chi connectivity index (χ1) is 13.2. The number of rotatable bonds is 4. The van der Waals surface area contributed by atoms with Gasteiger partial charge in [0.25, 0.3) is 0 Å². The van der Waals surface area contributed by atoms with Gasteiger partial charge in [-0.25, -0.2) is 4.39 Å². The number of halogens is 1. The molecule has 4 rings (SSSR count). The number of anilines is 2. The van der Waals surface area contributed by atoms with E-state index in [-0.39, 0.29) is 5.82 Å². The molecule has 1 aliphatic rings. The van der Waals surface area contributed by atoms with Crippen LogP contribution in [-0.2, 0) is 0 Å². The van der Waals surface area contributed by atoms with Crippen molar-refractivity contribution in [3.05, 3.63) is 66.5 Å². The van der Waals surface area contributed by atoms with E-state index >= 15 is 0 Å². The molecule has 2 heterocycles. The molecule has 0 amide bonds. The zero-order chi connectivity index (χ0) is 18.8.